The van der Waals surface area contributed by atoms with Gasteiger partial charge in [-0.05, 0) is 25.1 Å². The SMILES string of the molecule is C=CCN1C(=O)NC(=O)[C@H](/C(=C\C)Nc2cccc(C(=O)OC)c2)C1=O. The molecule has 0 aliphatic carbocycles. The van der Waals surface area contributed by atoms with E-state index in [4.69, 9.17) is 0 Å². The first kappa shape index (κ1) is 18.9. The lowest BCUT2D eigenvalue weighted by atomic mass is 9.99. The second-order valence-corrected chi connectivity index (χ2v) is 5.41. The van der Waals surface area contributed by atoms with Gasteiger partial charge in [0, 0.05) is 17.9 Å². The predicted octanol–water partition coefficient (Wildman–Crippen LogP) is 1.67. The van der Waals surface area contributed by atoms with Gasteiger partial charge in [-0.15, -0.1) is 6.58 Å². The van der Waals surface area contributed by atoms with Crippen LogP contribution in [0.5, 0.6) is 0 Å². The van der Waals surface area contributed by atoms with E-state index in [9.17, 15) is 19.2 Å². The summed E-state index contributed by atoms with van der Waals surface area (Å²) >= 11 is 0. The van der Waals surface area contributed by atoms with Crippen LogP contribution >= 0.6 is 0 Å². The number of carbonyl (C=O) groups excluding carboxylic acids is 4. The van der Waals surface area contributed by atoms with Crippen LogP contribution in [0.25, 0.3) is 0 Å². The number of anilines is 1. The van der Waals surface area contributed by atoms with Gasteiger partial charge < -0.3 is 10.1 Å². The molecule has 1 saturated heterocycles. The van der Waals surface area contributed by atoms with Crippen molar-refractivity contribution >= 4 is 29.5 Å². The van der Waals surface area contributed by atoms with Crippen molar-refractivity contribution in [2.75, 3.05) is 19.0 Å². The number of hydrogen-bond acceptors (Lipinski definition) is 6. The Bertz CT molecular complexity index is 800. The molecular weight excluding hydrogens is 338 g/mol. The standard InChI is InChI=1S/C18H19N3O5/c1-4-9-21-16(23)14(15(22)20-18(21)25)13(5-2)19-12-8-6-7-11(10-12)17(24)26-3/h4-8,10,14,19H,1,9H2,2-3H3,(H,20,22,25)/b13-5+/t14-/m0/s1. The molecule has 1 aliphatic rings. The molecule has 0 spiro atoms. The quantitative estimate of drug-likeness (QED) is 0.456. The highest BCUT2D eigenvalue weighted by molar-refractivity contribution is 6.18. The first-order valence-corrected chi connectivity index (χ1v) is 7.81. The summed E-state index contributed by atoms with van der Waals surface area (Å²) in [6, 6.07) is 5.65. The van der Waals surface area contributed by atoms with Gasteiger partial charge in [0.25, 0.3) is 0 Å². The van der Waals surface area contributed by atoms with Crippen LogP contribution in [0, 0.1) is 5.92 Å². The number of ether oxygens (including phenoxy) is 1. The highest BCUT2D eigenvalue weighted by Gasteiger charge is 2.42. The largest absolute Gasteiger partial charge is 0.465 e. The molecule has 4 amide bonds. The molecule has 0 radical (unpaired) electrons. The van der Waals surface area contributed by atoms with Gasteiger partial charge in [-0.1, -0.05) is 18.2 Å². The number of benzene rings is 1. The summed E-state index contributed by atoms with van der Waals surface area (Å²) in [7, 11) is 1.27. The molecule has 1 fully saturated rings. The maximum Gasteiger partial charge on any atom is 0.337 e. The third kappa shape index (κ3) is 3.80. The summed E-state index contributed by atoms with van der Waals surface area (Å²) in [5.74, 6) is -3.09. The zero-order valence-corrected chi connectivity index (χ0v) is 14.4. The lowest BCUT2D eigenvalue weighted by Gasteiger charge is -2.31. The molecule has 8 nitrogen and oxygen atoms in total. The van der Waals surface area contributed by atoms with E-state index < -0.39 is 29.7 Å². The van der Waals surface area contributed by atoms with Crippen LogP contribution in [0.2, 0.25) is 0 Å². The topological polar surface area (TPSA) is 105 Å². The Balaban J connectivity index is 2.29. The summed E-state index contributed by atoms with van der Waals surface area (Å²) in [5, 5.41) is 5.12. The fraction of sp³-hybridized carbons (Fsp3) is 0.222. The molecule has 1 aromatic rings. The number of nitrogens with zero attached hydrogens (tertiary/aromatic N) is 1. The minimum atomic E-state index is -1.21. The monoisotopic (exact) mass is 357 g/mol. The Kier molecular flexibility index (Phi) is 5.90. The van der Waals surface area contributed by atoms with E-state index in [-0.39, 0.29) is 12.2 Å². The minimum absolute atomic E-state index is 0.0106. The summed E-state index contributed by atoms with van der Waals surface area (Å²) in [6.45, 7) is 5.15. The van der Waals surface area contributed by atoms with Gasteiger partial charge in [0.2, 0.25) is 11.8 Å². The van der Waals surface area contributed by atoms with Gasteiger partial charge in [-0.25, -0.2) is 9.59 Å². The number of hydrogen-bond donors (Lipinski definition) is 2. The number of nitrogens with one attached hydrogen (secondary N) is 2. The highest BCUT2D eigenvalue weighted by atomic mass is 16.5. The van der Waals surface area contributed by atoms with Crippen LogP contribution in [0.15, 0.2) is 48.7 Å². The van der Waals surface area contributed by atoms with Crippen molar-refractivity contribution < 1.29 is 23.9 Å². The molecular formula is C18H19N3O5. The normalized spacial score (nSPS) is 17.6. The van der Waals surface area contributed by atoms with Gasteiger partial charge in [-0.3, -0.25) is 19.8 Å². The van der Waals surface area contributed by atoms with Crippen molar-refractivity contribution in [2.24, 2.45) is 5.92 Å². The first-order valence-electron chi connectivity index (χ1n) is 7.81. The average molecular weight is 357 g/mol. The molecule has 1 aliphatic heterocycles. The third-order valence-corrected chi connectivity index (χ3v) is 3.76. The van der Waals surface area contributed by atoms with Crippen LogP contribution in [0.3, 0.4) is 0 Å². The van der Waals surface area contributed by atoms with Crippen molar-refractivity contribution in [1.82, 2.24) is 10.2 Å². The Morgan fingerprint density at radius 3 is 2.73 bits per heavy atom. The Labute approximate surface area is 150 Å². The third-order valence-electron chi connectivity index (χ3n) is 3.76. The number of esters is 1. The summed E-state index contributed by atoms with van der Waals surface area (Å²) in [4.78, 5) is 49.2. The summed E-state index contributed by atoms with van der Waals surface area (Å²) in [5.41, 5.74) is 1.10. The fourth-order valence-corrected chi connectivity index (χ4v) is 2.51. The molecule has 0 unspecified atom stereocenters. The Morgan fingerprint density at radius 2 is 2.12 bits per heavy atom. The van der Waals surface area contributed by atoms with E-state index in [2.05, 4.69) is 21.9 Å². The lowest BCUT2D eigenvalue weighted by molar-refractivity contribution is -0.140. The van der Waals surface area contributed by atoms with Crippen LogP contribution in [-0.2, 0) is 14.3 Å². The lowest BCUT2D eigenvalue weighted by Crippen LogP contribution is -2.58. The van der Waals surface area contributed by atoms with Crippen molar-refractivity contribution in [1.29, 1.82) is 0 Å². The molecule has 0 bridgehead atoms. The molecule has 0 saturated carbocycles. The van der Waals surface area contributed by atoms with E-state index in [0.717, 1.165) is 4.90 Å². The highest BCUT2D eigenvalue weighted by Crippen LogP contribution is 2.22. The summed E-state index contributed by atoms with van der Waals surface area (Å²) < 4.78 is 4.67. The van der Waals surface area contributed by atoms with Gasteiger partial charge in [0.1, 0.15) is 0 Å². The smallest absolute Gasteiger partial charge is 0.337 e. The second-order valence-electron chi connectivity index (χ2n) is 5.41. The molecule has 1 aromatic carbocycles. The van der Waals surface area contributed by atoms with Crippen molar-refractivity contribution in [2.45, 2.75) is 6.92 Å². The van der Waals surface area contributed by atoms with Crippen molar-refractivity contribution in [3.05, 3.63) is 54.3 Å². The second kappa shape index (κ2) is 8.11. The number of amides is 4. The van der Waals surface area contributed by atoms with Gasteiger partial charge >= 0.3 is 12.0 Å². The van der Waals surface area contributed by atoms with E-state index in [1.807, 2.05) is 0 Å². The zero-order chi connectivity index (χ0) is 19.3. The van der Waals surface area contributed by atoms with E-state index in [1.54, 1.807) is 31.2 Å². The molecule has 0 aromatic heterocycles. The van der Waals surface area contributed by atoms with E-state index in [0.29, 0.717) is 11.3 Å². The molecule has 8 heteroatoms. The zero-order valence-electron chi connectivity index (χ0n) is 14.4. The molecule has 2 rings (SSSR count). The predicted molar refractivity (Wildman–Crippen MR) is 94.1 cm³/mol. The number of imide groups is 2. The average Bonchev–Trinajstić information content (AvgIpc) is 2.63. The van der Waals surface area contributed by atoms with Gasteiger partial charge in [0.15, 0.2) is 5.92 Å². The van der Waals surface area contributed by atoms with Crippen LogP contribution < -0.4 is 10.6 Å². The molecule has 136 valence electrons. The number of carbonyl (C=O) groups is 4. The van der Waals surface area contributed by atoms with Crippen LogP contribution in [0.4, 0.5) is 10.5 Å². The van der Waals surface area contributed by atoms with Crippen LogP contribution in [-0.4, -0.2) is 42.4 Å². The maximum atomic E-state index is 12.6. The summed E-state index contributed by atoms with van der Waals surface area (Å²) in [6.07, 6.45) is 2.96. The Hall–Kier alpha value is -3.42. The van der Waals surface area contributed by atoms with Crippen molar-refractivity contribution in [3.63, 3.8) is 0 Å². The number of rotatable bonds is 6. The Morgan fingerprint density at radius 1 is 1.38 bits per heavy atom. The first-order chi connectivity index (χ1) is 12.4. The molecule has 1 atom stereocenters. The van der Waals surface area contributed by atoms with Gasteiger partial charge in [0.05, 0.1) is 12.7 Å². The number of allylic oxidation sites excluding steroid dienone is 1. The van der Waals surface area contributed by atoms with Crippen LogP contribution in [0.1, 0.15) is 17.3 Å². The van der Waals surface area contributed by atoms with Gasteiger partial charge in [-0.2, -0.15) is 0 Å². The number of urea groups is 1. The minimum Gasteiger partial charge on any atom is -0.465 e. The number of barbiturate groups is 1. The molecule has 1 heterocycles. The van der Waals surface area contributed by atoms with E-state index >= 15 is 0 Å². The maximum absolute atomic E-state index is 12.6. The number of methoxy groups -OCH3 is 1. The fourth-order valence-electron chi connectivity index (χ4n) is 2.51. The van der Waals surface area contributed by atoms with Crippen molar-refractivity contribution in [3.8, 4) is 0 Å². The van der Waals surface area contributed by atoms with E-state index in [1.165, 1.54) is 19.3 Å². The molecule has 26 heavy (non-hydrogen) atoms. The molecule has 2 N–H and O–H groups in total.